The Labute approximate surface area is 113 Å². The van der Waals surface area contributed by atoms with Crippen molar-refractivity contribution in [1.82, 2.24) is 4.98 Å². The summed E-state index contributed by atoms with van der Waals surface area (Å²) in [5, 5.41) is 10.3. The van der Waals surface area contributed by atoms with E-state index < -0.39 is 6.10 Å². The predicted molar refractivity (Wildman–Crippen MR) is 75.3 cm³/mol. The summed E-state index contributed by atoms with van der Waals surface area (Å²) in [5.41, 5.74) is 2.39. The lowest BCUT2D eigenvalue weighted by Gasteiger charge is -2.12. The van der Waals surface area contributed by atoms with E-state index in [2.05, 4.69) is 11.9 Å². The van der Waals surface area contributed by atoms with Gasteiger partial charge in [0.15, 0.2) is 0 Å². The van der Waals surface area contributed by atoms with Crippen molar-refractivity contribution in [2.75, 3.05) is 6.61 Å². The summed E-state index contributed by atoms with van der Waals surface area (Å²) in [6.45, 7) is 4.70. The van der Waals surface area contributed by atoms with Crippen LogP contribution in [0.2, 0.25) is 0 Å². The third-order valence-electron chi connectivity index (χ3n) is 2.86. The fourth-order valence-corrected chi connectivity index (χ4v) is 1.85. The van der Waals surface area contributed by atoms with Crippen LogP contribution in [0.25, 0.3) is 0 Å². The van der Waals surface area contributed by atoms with Crippen molar-refractivity contribution >= 4 is 0 Å². The summed E-state index contributed by atoms with van der Waals surface area (Å²) in [5.74, 6) is 0.829. The fourth-order valence-electron chi connectivity index (χ4n) is 1.85. The lowest BCUT2D eigenvalue weighted by atomic mass is 10.1. The van der Waals surface area contributed by atoms with Crippen LogP contribution in [0.3, 0.4) is 0 Å². The monoisotopic (exact) mass is 257 g/mol. The number of aliphatic hydroxyl groups is 1. The van der Waals surface area contributed by atoms with Crippen LogP contribution in [0.4, 0.5) is 0 Å². The number of hydrogen-bond acceptors (Lipinski definition) is 3. The third-order valence-corrected chi connectivity index (χ3v) is 2.86. The largest absolute Gasteiger partial charge is 0.494 e. The molecule has 100 valence electrons. The number of ether oxygens (including phenoxy) is 1. The van der Waals surface area contributed by atoms with Crippen LogP contribution in [0, 0.1) is 6.92 Å². The summed E-state index contributed by atoms with van der Waals surface area (Å²) >= 11 is 0. The molecule has 2 rings (SSSR count). The van der Waals surface area contributed by atoms with Crippen LogP contribution in [0.5, 0.6) is 5.75 Å². The van der Waals surface area contributed by atoms with Gasteiger partial charge in [0, 0.05) is 5.69 Å². The average Bonchev–Trinajstić information content (AvgIpc) is 2.45. The average molecular weight is 257 g/mol. The summed E-state index contributed by atoms with van der Waals surface area (Å²) in [6, 6.07) is 13.2. The van der Waals surface area contributed by atoms with Gasteiger partial charge in [0.05, 0.1) is 12.3 Å². The number of aromatic nitrogens is 1. The maximum absolute atomic E-state index is 10.3. The number of pyridine rings is 1. The molecule has 0 aliphatic carbocycles. The number of rotatable bonds is 5. The molecular weight excluding hydrogens is 238 g/mol. The second-order valence-electron chi connectivity index (χ2n) is 4.52. The molecule has 2 aromatic rings. The first-order valence-corrected chi connectivity index (χ1v) is 6.55. The van der Waals surface area contributed by atoms with Crippen LogP contribution in [0.15, 0.2) is 42.5 Å². The molecule has 0 spiro atoms. The van der Waals surface area contributed by atoms with Crippen LogP contribution >= 0.6 is 0 Å². The highest BCUT2D eigenvalue weighted by Crippen LogP contribution is 2.22. The first kappa shape index (κ1) is 13.6. The van der Waals surface area contributed by atoms with Gasteiger partial charge >= 0.3 is 0 Å². The Bertz CT molecular complexity index is 523. The summed E-state index contributed by atoms with van der Waals surface area (Å²) in [4.78, 5) is 4.34. The number of nitrogens with zero attached hydrogens (tertiary/aromatic N) is 1. The standard InChI is InChI=1S/C16H19NO2/c1-3-11-19-14-9-7-13(8-10-14)16(18)15-6-4-5-12(2)17-15/h4-10,16,18H,3,11H2,1-2H3. The van der Waals surface area contributed by atoms with Crippen molar-refractivity contribution < 1.29 is 9.84 Å². The highest BCUT2D eigenvalue weighted by Gasteiger charge is 2.11. The van der Waals surface area contributed by atoms with Crippen molar-refractivity contribution in [2.24, 2.45) is 0 Å². The van der Waals surface area contributed by atoms with E-state index in [1.165, 1.54) is 0 Å². The molecule has 3 nitrogen and oxygen atoms in total. The van der Waals surface area contributed by atoms with Crippen molar-refractivity contribution in [3.8, 4) is 5.75 Å². The number of aryl methyl sites for hydroxylation is 1. The summed E-state index contributed by atoms with van der Waals surface area (Å²) in [6.07, 6.45) is 0.289. The van der Waals surface area contributed by atoms with E-state index in [9.17, 15) is 5.11 Å². The highest BCUT2D eigenvalue weighted by molar-refractivity contribution is 5.32. The van der Waals surface area contributed by atoms with Gasteiger partial charge in [0.25, 0.3) is 0 Å². The van der Waals surface area contributed by atoms with Crippen LogP contribution in [0.1, 0.15) is 36.4 Å². The topological polar surface area (TPSA) is 42.4 Å². The molecule has 19 heavy (non-hydrogen) atoms. The van der Waals surface area contributed by atoms with Crippen LogP contribution in [-0.2, 0) is 0 Å². The van der Waals surface area contributed by atoms with Gasteiger partial charge in [-0.05, 0) is 43.2 Å². The Hall–Kier alpha value is -1.87. The second kappa shape index (κ2) is 6.34. The lowest BCUT2D eigenvalue weighted by molar-refractivity contribution is 0.215. The third kappa shape index (κ3) is 3.55. The van der Waals surface area contributed by atoms with Crippen molar-refractivity contribution in [3.63, 3.8) is 0 Å². The Kier molecular flexibility index (Phi) is 4.53. The predicted octanol–water partition coefficient (Wildman–Crippen LogP) is 3.26. The Balaban J connectivity index is 2.13. The first-order chi connectivity index (χ1) is 9.20. The van der Waals surface area contributed by atoms with Crippen LogP contribution in [-0.4, -0.2) is 16.7 Å². The molecule has 0 aliphatic heterocycles. The SMILES string of the molecule is CCCOc1ccc(C(O)c2cccc(C)n2)cc1. The summed E-state index contributed by atoms with van der Waals surface area (Å²) in [7, 11) is 0. The van der Waals surface area contributed by atoms with Gasteiger partial charge in [0.1, 0.15) is 11.9 Å². The molecule has 0 fully saturated rings. The van der Waals surface area contributed by atoms with E-state index in [4.69, 9.17) is 4.74 Å². The highest BCUT2D eigenvalue weighted by atomic mass is 16.5. The van der Waals surface area contributed by atoms with Crippen LogP contribution < -0.4 is 4.74 Å². The molecule has 1 atom stereocenters. The molecule has 0 radical (unpaired) electrons. The van der Waals surface area contributed by atoms with Gasteiger partial charge in [-0.1, -0.05) is 25.1 Å². The normalized spacial score (nSPS) is 12.2. The zero-order valence-electron chi connectivity index (χ0n) is 11.3. The molecule has 0 aliphatic rings. The second-order valence-corrected chi connectivity index (χ2v) is 4.52. The maximum atomic E-state index is 10.3. The van der Waals surface area contributed by atoms with Gasteiger partial charge in [-0.3, -0.25) is 4.98 Å². The van der Waals surface area contributed by atoms with Crippen molar-refractivity contribution in [3.05, 3.63) is 59.4 Å². The minimum absolute atomic E-state index is 0.669. The Morgan fingerprint density at radius 3 is 2.53 bits per heavy atom. The molecule has 3 heteroatoms. The molecule has 1 heterocycles. The first-order valence-electron chi connectivity index (χ1n) is 6.55. The minimum Gasteiger partial charge on any atom is -0.494 e. The number of benzene rings is 1. The molecule has 0 bridgehead atoms. The zero-order chi connectivity index (χ0) is 13.7. The molecule has 1 N–H and O–H groups in total. The molecule has 1 unspecified atom stereocenters. The molecule has 1 aromatic heterocycles. The van der Waals surface area contributed by atoms with Gasteiger partial charge in [-0.25, -0.2) is 0 Å². The molecule has 1 aromatic carbocycles. The van der Waals surface area contributed by atoms with Crippen molar-refractivity contribution in [1.29, 1.82) is 0 Å². The maximum Gasteiger partial charge on any atom is 0.121 e. The number of hydrogen-bond donors (Lipinski definition) is 1. The lowest BCUT2D eigenvalue weighted by Crippen LogP contribution is -2.03. The smallest absolute Gasteiger partial charge is 0.121 e. The molecule has 0 amide bonds. The van der Waals surface area contributed by atoms with E-state index >= 15 is 0 Å². The Morgan fingerprint density at radius 1 is 1.16 bits per heavy atom. The summed E-state index contributed by atoms with van der Waals surface area (Å²) < 4.78 is 5.52. The minimum atomic E-state index is -0.694. The van der Waals surface area contributed by atoms with Crippen molar-refractivity contribution in [2.45, 2.75) is 26.4 Å². The van der Waals surface area contributed by atoms with Gasteiger partial charge in [-0.15, -0.1) is 0 Å². The number of aliphatic hydroxyl groups excluding tert-OH is 1. The zero-order valence-corrected chi connectivity index (χ0v) is 11.3. The quantitative estimate of drug-likeness (QED) is 0.894. The Morgan fingerprint density at radius 2 is 1.89 bits per heavy atom. The molecular formula is C16H19NO2. The molecule has 0 saturated heterocycles. The van der Waals surface area contributed by atoms with E-state index in [1.54, 1.807) is 0 Å². The van der Waals surface area contributed by atoms with Gasteiger partial charge < -0.3 is 9.84 Å². The van der Waals surface area contributed by atoms with E-state index in [0.29, 0.717) is 12.3 Å². The van der Waals surface area contributed by atoms with Gasteiger partial charge in [0.2, 0.25) is 0 Å². The van der Waals surface area contributed by atoms with E-state index in [1.807, 2.05) is 49.4 Å². The van der Waals surface area contributed by atoms with E-state index in [0.717, 1.165) is 23.4 Å². The molecule has 0 saturated carbocycles. The van der Waals surface area contributed by atoms with Gasteiger partial charge in [-0.2, -0.15) is 0 Å². The fraction of sp³-hybridized carbons (Fsp3) is 0.312. The van der Waals surface area contributed by atoms with E-state index in [-0.39, 0.29) is 0 Å².